The van der Waals surface area contributed by atoms with E-state index >= 15 is 0 Å². The molecule has 1 aliphatic heterocycles. The third-order valence-corrected chi connectivity index (χ3v) is 7.29. The highest BCUT2D eigenvalue weighted by Gasteiger charge is 2.51. The Morgan fingerprint density at radius 2 is 1.76 bits per heavy atom. The molecule has 0 radical (unpaired) electrons. The average molecular weight is 456 g/mol. The van der Waals surface area contributed by atoms with Crippen molar-refractivity contribution in [1.29, 1.82) is 0 Å². The molecule has 1 N–H and O–H groups in total. The second-order valence-corrected chi connectivity index (χ2v) is 9.30. The van der Waals surface area contributed by atoms with Gasteiger partial charge in [-0.15, -0.1) is 0 Å². The molecule has 2 aromatic heterocycles. The topological polar surface area (TPSA) is 54.9 Å². The maximum Gasteiger partial charge on any atom is 0.245 e. The van der Waals surface area contributed by atoms with Crippen LogP contribution in [-0.4, -0.2) is 22.3 Å². The van der Waals surface area contributed by atoms with Crippen molar-refractivity contribution in [1.82, 2.24) is 9.97 Å². The van der Waals surface area contributed by atoms with E-state index in [2.05, 4.69) is 22.4 Å². The Morgan fingerprint density at radius 1 is 0.971 bits per heavy atom. The molecule has 2 aromatic carbocycles. The van der Waals surface area contributed by atoms with Crippen LogP contribution in [0.1, 0.15) is 40.3 Å². The number of carbonyl (C=O) groups is 1. The lowest BCUT2D eigenvalue weighted by molar-refractivity contribution is -0.120. The van der Waals surface area contributed by atoms with Crippen LogP contribution in [-0.2, 0) is 29.5 Å². The molecule has 2 aliphatic rings. The van der Waals surface area contributed by atoms with Crippen molar-refractivity contribution in [3.05, 3.63) is 101 Å². The second-order valence-electron chi connectivity index (χ2n) is 9.30. The summed E-state index contributed by atoms with van der Waals surface area (Å²) >= 11 is 0. The van der Waals surface area contributed by atoms with Crippen molar-refractivity contribution in [2.75, 3.05) is 5.32 Å². The summed E-state index contributed by atoms with van der Waals surface area (Å²) in [6, 6.07) is 20.9. The van der Waals surface area contributed by atoms with Gasteiger partial charge in [0.15, 0.2) is 0 Å². The summed E-state index contributed by atoms with van der Waals surface area (Å²) in [6.45, 7) is 0. The van der Waals surface area contributed by atoms with Crippen molar-refractivity contribution in [3.63, 3.8) is 0 Å². The Hall–Kier alpha value is -3.67. The number of halogens is 2. The minimum absolute atomic E-state index is 0.00550. The molecule has 0 fully saturated rings. The quantitative estimate of drug-likeness (QED) is 0.426. The van der Waals surface area contributed by atoms with E-state index < -0.39 is 17.8 Å². The monoisotopic (exact) mass is 455 g/mol. The zero-order chi connectivity index (χ0) is 23.3. The molecule has 170 valence electrons. The Labute approximate surface area is 196 Å². The zero-order valence-corrected chi connectivity index (χ0v) is 18.5. The van der Waals surface area contributed by atoms with Crippen LogP contribution in [0.3, 0.4) is 0 Å². The standard InChI is InChI=1S/C28H23F2N3O/c29-25(30)22(17-5-2-1-3-6-17)11-10-21-9-8-18-13-19-15-28(16-20(19)14-24(18)32-21)23-7-4-12-31-26(23)33-27(28)34/h1-9,12-14,22,25H,10-11,15-16H2,(H,31,33,34). The number of pyridine rings is 2. The first-order valence-electron chi connectivity index (χ1n) is 11.5. The number of nitrogens with zero attached hydrogens (tertiary/aromatic N) is 2. The number of carbonyl (C=O) groups excluding carboxylic acids is 1. The van der Waals surface area contributed by atoms with Gasteiger partial charge < -0.3 is 5.32 Å². The van der Waals surface area contributed by atoms with E-state index in [0.29, 0.717) is 37.1 Å². The number of benzene rings is 2. The van der Waals surface area contributed by atoms with Gasteiger partial charge in [-0.2, -0.15) is 0 Å². The van der Waals surface area contributed by atoms with E-state index in [9.17, 15) is 13.6 Å². The summed E-state index contributed by atoms with van der Waals surface area (Å²) < 4.78 is 27.4. The molecule has 2 atom stereocenters. The van der Waals surface area contributed by atoms with E-state index in [-0.39, 0.29) is 5.91 Å². The highest BCUT2D eigenvalue weighted by Crippen LogP contribution is 2.47. The summed E-state index contributed by atoms with van der Waals surface area (Å²) in [7, 11) is 0. The molecule has 1 spiro atoms. The number of hydrogen-bond acceptors (Lipinski definition) is 3. The summed E-state index contributed by atoms with van der Waals surface area (Å²) in [4.78, 5) is 22.1. The highest BCUT2D eigenvalue weighted by atomic mass is 19.3. The van der Waals surface area contributed by atoms with Gasteiger partial charge in [0.2, 0.25) is 12.3 Å². The van der Waals surface area contributed by atoms with Crippen LogP contribution in [0.15, 0.2) is 72.9 Å². The molecule has 34 heavy (non-hydrogen) atoms. The van der Waals surface area contributed by atoms with E-state index in [4.69, 9.17) is 4.98 Å². The first-order chi connectivity index (χ1) is 16.5. The molecule has 1 aliphatic carbocycles. The van der Waals surface area contributed by atoms with Gasteiger partial charge in [0, 0.05) is 28.8 Å². The van der Waals surface area contributed by atoms with Crippen LogP contribution in [0.5, 0.6) is 0 Å². The van der Waals surface area contributed by atoms with Gasteiger partial charge in [-0.05, 0) is 66.6 Å². The maximum absolute atomic E-state index is 13.7. The zero-order valence-electron chi connectivity index (χ0n) is 18.5. The summed E-state index contributed by atoms with van der Waals surface area (Å²) in [5.74, 6) is -0.167. The minimum Gasteiger partial charge on any atom is -0.310 e. The molecule has 0 saturated carbocycles. The minimum atomic E-state index is -2.42. The SMILES string of the molecule is O=C1Nc2ncccc2C12Cc1cc3ccc(CCC(c4ccccc4)C(F)F)nc3cc1C2. The van der Waals surface area contributed by atoms with E-state index in [1.807, 2.05) is 30.3 Å². The van der Waals surface area contributed by atoms with Crippen LogP contribution in [0.2, 0.25) is 0 Å². The lowest BCUT2D eigenvalue weighted by Gasteiger charge is -2.20. The predicted molar refractivity (Wildman–Crippen MR) is 127 cm³/mol. The Balaban J connectivity index is 1.27. The number of amides is 1. The lowest BCUT2D eigenvalue weighted by atomic mass is 9.79. The first kappa shape index (κ1) is 20.9. The smallest absolute Gasteiger partial charge is 0.245 e. The third kappa shape index (κ3) is 3.36. The maximum atomic E-state index is 13.7. The fourth-order valence-corrected chi connectivity index (χ4v) is 5.52. The largest absolute Gasteiger partial charge is 0.310 e. The van der Waals surface area contributed by atoms with Gasteiger partial charge in [-0.25, -0.2) is 13.8 Å². The van der Waals surface area contributed by atoms with Crippen LogP contribution in [0.4, 0.5) is 14.6 Å². The number of aryl methyl sites for hydroxylation is 1. The Morgan fingerprint density at radius 3 is 2.56 bits per heavy atom. The van der Waals surface area contributed by atoms with Crippen LogP contribution in [0.25, 0.3) is 10.9 Å². The summed E-state index contributed by atoms with van der Waals surface area (Å²) in [5.41, 5.74) is 4.89. The molecule has 4 nitrogen and oxygen atoms in total. The number of fused-ring (bicyclic) bond motifs is 4. The van der Waals surface area contributed by atoms with Gasteiger partial charge in [0.25, 0.3) is 0 Å². The third-order valence-electron chi connectivity index (χ3n) is 7.29. The fourth-order valence-electron chi connectivity index (χ4n) is 5.52. The highest BCUT2D eigenvalue weighted by molar-refractivity contribution is 6.06. The average Bonchev–Trinajstić information content (AvgIpc) is 3.35. The number of alkyl halides is 2. The molecule has 6 heteroatoms. The van der Waals surface area contributed by atoms with Crippen LogP contribution in [0, 0.1) is 0 Å². The van der Waals surface area contributed by atoms with E-state index in [0.717, 1.165) is 33.3 Å². The Bertz CT molecular complexity index is 1410. The predicted octanol–water partition coefficient (Wildman–Crippen LogP) is 5.60. The molecule has 0 bridgehead atoms. The lowest BCUT2D eigenvalue weighted by Crippen LogP contribution is -2.35. The summed E-state index contributed by atoms with van der Waals surface area (Å²) in [6.07, 6.45) is 1.32. The molecule has 3 heterocycles. The van der Waals surface area contributed by atoms with Crippen molar-refractivity contribution in [2.24, 2.45) is 0 Å². The number of anilines is 1. The van der Waals surface area contributed by atoms with Gasteiger partial charge in [-0.1, -0.05) is 42.5 Å². The fraction of sp³-hybridized carbons (Fsp3) is 0.250. The second kappa shape index (κ2) is 7.97. The molecule has 0 saturated heterocycles. The van der Waals surface area contributed by atoms with Crippen LogP contribution >= 0.6 is 0 Å². The molecule has 4 aromatic rings. The van der Waals surface area contributed by atoms with Crippen LogP contribution < -0.4 is 5.32 Å². The van der Waals surface area contributed by atoms with Crippen molar-refractivity contribution < 1.29 is 13.6 Å². The van der Waals surface area contributed by atoms with Gasteiger partial charge in [-0.3, -0.25) is 9.78 Å². The molecule has 2 unspecified atom stereocenters. The van der Waals surface area contributed by atoms with Gasteiger partial charge >= 0.3 is 0 Å². The Kier molecular flexibility index (Phi) is 4.90. The molecular formula is C28H23F2N3O. The number of nitrogens with one attached hydrogen (secondary N) is 1. The number of hydrogen-bond donors (Lipinski definition) is 1. The first-order valence-corrected chi connectivity index (χ1v) is 11.5. The van der Waals surface area contributed by atoms with E-state index in [1.54, 1.807) is 30.5 Å². The number of aromatic nitrogens is 2. The molecular weight excluding hydrogens is 432 g/mol. The van der Waals surface area contributed by atoms with Crippen molar-refractivity contribution in [3.8, 4) is 0 Å². The molecule has 1 amide bonds. The van der Waals surface area contributed by atoms with E-state index in [1.165, 1.54) is 0 Å². The van der Waals surface area contributed by atoms with Crippen molar-refractivity contribution >= 4 is 22.6 Å². The number of rotatable bonds is 5. The summed E-state index contributed by atoms with van der Waals surface area (Å²) in [5, 5.41) is 3.94. The van der Waals surface area contributed by atoms with Crippen molar-refractivity contribution in [2.45, 2.75) is 43.4 Å². The normalized spacial score (nSPS) is 19.4. The van der Waals surface area contributed by atoms with Gasteiger partial charge in [0.05, 0.1) is 10.9 Å². The molecule has 6 rings (SSSR count). The van der Waals surface area contributed by atoms with Gasteiger partial charge in [0.1, 0.15) is 5.82 Å².